The second-order valence-electron chi connectivity index (χ2n) is 4.51. The Morgan fingerprint density at radius 2 is 2.18 bits per heavy atom. The summed E-state index contributed by atoms with van der Waals surface area (Å²) in [6.07, 6.45) is 0.728. The molecule has 1 fully saturated rings. The van der Waals surface area contributed by atoms with Crippen molar-refractivity contribution in [3.63, 3.8) is 0 Å². The molecule has 0 aliphatic carbocycles. The van der Waals surface area contributed by atoms with E-state index in [4.69, 9.17) is 11.6 Å². The molecular formula is C11H16ClNO2S2. The summed E-state index contributed by atoms with van der Waals surface area (Å²) in [7, 11) is -3.30. The summed E-state index contributed by atoms with van der Waals surface area (Å²) < 4.78 is 26.7. The van der Waals surface area contributed by atoms with E-state index in [-0.39, 0.29) is 11.3 Å². The van der Waals surface area contributed by atoms with Crippen molar-refractivity contribution in [3.05, 3.63) is 17.0 Å². The molecule has 17 heavy (non-hydrogen) atoms. The maximum Gasteiger partial charge on any atom is 0.252 e. The molecule has 0 aromatic carbocycles. The molecule has 2 unspecified atom stereocenters. The Morgan fingerprint density at radius 1 is 1.47 bits per heavy atom. The summed E-state index contributed by atoms with van der Waals surface area (Å²) >= 11 is 7.44. The van der Waals surface area contributed by atoms with E-state index in [0.29, 0.717) is 17.3 Å². The van der Waals surface area contributed by atoms with Gasteiger partial charge in [0.25, 0.3) is 10.0 Å². The molecule has 2 rings (SSSR count). The number of halogens is 1. The minimum Gasteiger partial charge on any atom is -0.206 e. The zero-order valence-corrected chi connectivity index (χ0v) is 12.3. The Balaban J connectivity index is 2.22. The van der Waals surface area contributed by atoms with Gasteiger partial charge in [0.15, 0.2) is 0 Å². The van der Waals surface area contributed by atoms with E-state index in [2.05, 4.69) is 0 Å². The lowest BCUT2D eigenvalue weighted by atomic mass is 10.0. The summed E-state index contributed by atoms with van der Waals surface area (Å²) in [6, 6.07) is 3.53. The van der Waals surface area contributed by atoms with Crippen molar-refractivity contribution < 1.29 is 8.42 Å². The SMILES string of the molecule is Cc1ccc(S(=O)(=O)N2CCC(Cl)C(C)C2)s1. The highest BCUT2D eigenvalue weighted by Crippen LogP contribution is 2.29. The summed E-state index contributed by atoms with van der Waals surface area (Å²) in [5, 5.41) is 0.0894. The Labute approximate surface area is 111 Å². The quantitative estimate of drug-likeness (QED) is 0.786. The Bertz CT molecular complexity index is 497. The molecule has 1 aromatic rings. The van der Waals surface area contributed by atoms with Crippen LogP contribution in [-0.4, -0.2) is 31.2 Å². The van der Waals surface area contributed by atoms with Crippen molar-refractivity contribution in [2.45, 2.75) is 29.9 Å². The van der Waals surface area contributed by atoms with Gasteiger partial charge in [0, 0.05) is 23.3 Å². The fourth-order valence-electron chi connectivity index (χ4n) is 1.97. The third-order valence-electron chi connectivity index (χ3n) is 3.07. The highest BCUT2D eigenvalue weighted by Gasteiger charge is 2.33. The summed E-state index contributed by atoms with van der Waals surface area (Å²) in [5.74, 6) is 0.209. The topological polar surface area (TPSA) is 37.4 Å². The van der Waals surface area contributed by atoms with Crippen molar-refractivity contribution in [3.8, 4) is 0 Å². The van der Waals surface area contributed by atoms with Crippen LogP contribution >= 0.6 is 22.9 Å². The molecular weight excluding hydrogens is 278 g/mol. The first-order chi connectivity index (χ1) is 7.91. The van der Waals surface area contributed by atoms with Crippen LogP contribution in [0.4, 0.5) is 0 Å². The van der Waals surface area contributed by atoms with Crippen molar-refractivity contribution in [1.29, 1.82) is 0 Å². The zero-order chi connectivity index (χ0) is 12.6. The lowest BCUT2D eigenvalue weighted by molar-refractivity contribution is 0.286. The van der Waals surface area contributed by atoms with Crippen LogP contribution in [0.25, 0.3) is 0 Å². The van der Waals surface area contributed by atoms with Crippen LogP contribution in [0.15, 0.2) is 16.3 Å². The van der Waals surface area contributed by atoms with E-state index in [0.717, 1.165) is 11.3 Å². The average molecular weight is 294 g/mol. The fourth-order valence-corrected chi connectivity index (χ4v) is 5.15. The van der Waals surface area contributed by atoms with Gasteiger partial charge in [-0.25, -0.2) is 8.42 Å². The second-order valence-corrected chi connectivity index (χ2v) is 8.52. The monoisotopic (exact) mass is 293 g/mol. The van der Waals surface area contributed by atoms with Crippen LogP contribution in [0.3, 0.4) is 0 Å². The van der Waals surface area contributed by atoms with Gasteiger partial charge in [-0.15, -0.1) is 22.9 Å². The number of hydrogen-bond acceptors (Lipinski definition) is 3. The first kappa shape index (κ1) is 13.3. The minimum absolute atomic E-state index is 0.0894. The molecule has 3 nitrogen and oxygen atoms in total. The molecule has 1 saturated heterocycles. The third-order valence-corrected chi connectivity index (χ3v) is 7.05. The summed E-state index contributed by atoms with van der Waals surface area (Å²) in [5.41, 5.74) is 0. The van der Waals surface area contributed by atoms with E-state index in [1.807, 2.05) is 19.9 Å². The number of aryl methyl sites for hydroxylation is 1. The van der Waals surface area contributed by atoms with Gasteiger partial charge in [-0.2, -0.15) is 4.31 Å². The average Bonchev–Trinajstić information content (AvgIpc) is 2.69. The highest BCUT2D eigenvalue weighted by atomic mass is 35.5. The smallest absolute Gasteiger partial charge is 0.206 e. The molecule has 0 amide bonds. The second kappa shape index (κ2) is 4.88. The predicted molar refractivity (Wildman–Crippen MR) is 71.2 cm³/mol. The Kier molecular flexibility index (Phi) is 3.83. The van der Waals surface area contributed by atoms with Gasteiger partial charge in [-0.05, 0) is 31.4 Å². The number of alkyl halides is 1. The van der Waals surface area contributed by atoms with E-state index in [9.17, 15) is 8.42 Å². The molecule has 2 heterocycles. The lowest BCUT2D eigenvalue weighted by Gasteiger charge is -2.32. The van der Waals surface area contributed by atoms with Gasteiger partial charge in [0.2, 0.25) is 0 Å². The van der Waals surface area contributed by atoms with Gasteiger partial charge in [-0.3, -0.25) is 0 Å². The van der Waals surface area contributed by atoms with Crippen molar-refractivity contribution in [2.24, 2.45) is 5.92 Å². The zero-order valence-electron chi connectivity index (χ0n) is 9.89. The number of piperidine rings is 1. The normalized spacial score (nSPS) is 27.2. The van der Waals surface area contributed by atoms with Crippen molar-refractivity contribution >= 4 is 33.0 Å². The first-order valence-electron chi connectivity index (χ1n) is 5.62. The van der Waals surface area contributed by atoms with Gasteiger partial charge in [-0.1, -0.05) is 6.92 Å². The van der Waals surface area contributed by atoms with E-state index in [1.54, 1.807) is 10.4 Å². The fraction of sp³-hybridized carbons (Fsp3) is 0.636. The van der Waals surface area contributed by atoms with E-state index in [1.165, 1.54) is 11.3 Å². The maximum atomic E-state index is 12.3. The van der Waals surface area contributed by atoms with Gasteiger partial charge < -0.3 is 0 Å². The molecule has 6 heteroatoms. The van der Waals surface area contributed by atoms with Crippen LogP contribution in [0.5, 0.6) is 0 Å². The standard InChI is InChI=1S/C11H16ClNO2S2/c1-8-7-13(6-5-10(8)12)17(14,15)11-4-3-9(2)16-11/h3-4,8,10H,5-7H2,1-2H3. The molecule has 2 atom stereocenters. The molecule has 0 bridgehead atoms. The predicted octanol–water partition coefficient (Wildman–Crippen LogP) is 2.69. The number of hydrogen-bond donors (Lipinski definition) is 0. The number of thiophene rings is 1. The first-order valence-corrected chi connectivity index (χ1v) is 8.31. The van der Waals surface area contributed by atoms with Gasteiger partial charge in [0.05, 0.1) is 0 Å². The van der Waals surface area contributed by atoms with Crippen LogP contribution in [0, 0.1) is 12.8 Å². The number of nitrogens with zero attached hydrogens (tertiary/aromatic N) is 1. The largest absolute Gasteiger partial charge is 0.252 e. The minimum atomic E-state index is -3.30. The molecule has 0 radical (unpaired) electrons. The van der Waals surface area contributed by atoms with Crippen LogP contribution in [0.1, 0.15) is 18.2 Å². The third kappa shape index (κ3) is 2.67. The molecule has 0 spiro atoms. The molecule has 1 aliphatic heterocycles. The van der Waals surface area contributed by atoms with E-state index < -0.39 is 10.0 Å². The van der Waals surface area contributed by atoms with Crippen molar-refractivity contribution in [1.82, 2.24) is 4.31 Å². The molecule has 0 saturated carbocycles. The van der Waals surface area contributed by atoms with E-state index >= 15 is 0 Å². The van der Waals surface area contributed by atoms with Gasteiger partial charge in [0.1, 0.15) is 4.21 Å². The lowest BCUT2D eigenvalue weighted by Crippen LogP contribution is -2.43. The van der Waals surface area contributed by atoms with Gasteiger partial charge >= 0.3 is 0 Å². The molecule has 1 aromatic heterocycles. The van der Waals surface area contributed by atoms with Crippen LogP contribution < -0.4 is 0 Å². The molecule has 0 N–H and O–H groups in total. The number of sulfonamides is 1. The molecule has 1 aliphatic rings. The maximum absolute atomic E-state index is 12.3. The summed E-state index contributed by atoms with van der Waals surface area (Å²) in [4.78, 5) is 1.02. The summed E-state index contributed by atoms with van der Waals surface area (Å²) in [6.45, 7) is 4.96. The van der Waals surface area contributed by atoms with Crippen LogP contribution in [-0.2, 0) is 10.0 Å². The van der Waals surface area contributed by atoms with Crippen molar-refractivity contribution in [2.75, 3.05) is 13.1 Å². The van der Waals surface area contributed by atoms with Crippen LogP contribution in [0.2, 0.25) is 0 Å². The Morgan fingerprint density at radius 3 is 2.71 bits per heavy atom. The Hall–Kier alpha value is -0.100. The number of rotatable bonds is 2. The highest BCUT2D eigenvalue weighted by molar-refractivity contribution is 7.91. The molecule has 96 valence electrons.